The van der Waals surface area contributed by atoms with Crippen LogP contribution in [-0.2, 0) is 9.53 Å². The maximum absolute atomic E-state index is 12.1. The maximum Gasteiger partial charge on any atom is 0.238 e. The predicted molar refractivity (Wildman–Crippen MR) is 99.9 cm³/mol. The molecule has 0 heterocycles. The van der Waals surface area contributed by atoms with E-state index in [-0.39, 0.29) is 18.5 Å². The van der Waals surface area contributed by atoms with Crippen molar-refractivity contribution in [3.8, 4) is 5.75 Å². The van der Waals surface area contributed by atoms with Gasteiger partial charge in [-0.05, 0) is 36.2 Å². The fourth-order valence-electron chi connectivity index (χ4n) is 2.48. The molecule has 0 fully saturated rings. The Morgan fingerprint density at radius 2 is 1.76 bits per heavy atom. The molecule has 1 unspecified atom stereocenters. The minimum Gasteiger partial charge on any atom is -0.491 e. The Kier molecular flexibility index (Phi) is 7.95. The van der Waals surface area contributed by atoms with Crippen molar-refractivity contribution in [1.29, 1.82) is 0 Å². The molecule has 5 nitrogen and oxygen atoms in total. The summed E-state index contributed by atoms with van der Waals surface area (Å²) in [5.74, 6) is 0.686. The molecule has 0 aliphatic heterocycles. The molecule has 0 bridgehead atoms. The third-order valence-electron chi connectivity index (χ3n) is 3.81. The Morgan fingerprint density at radius 3 is 2.40 bits per heavy atom. The number of amides is 1. The molecule has 2 rings (SSSR count). The lowest BCUT2D eigenvalue weighted by atomic mass is 10.0. The van der Waals surface area contributed by atoms with E-state index in [1.807, 2.05) is 42.5 Å². The van der Waals surface area contributed by atoms with Gasteiger partial charge in [0, 0.05) is 18.8 Å². The van der Waals surface area contributed by atoms with Gasteiger partial charge in [-0.15, -0.1) is 0 Å². The molecule has 2 N–H and O–H groups in total. The summed E-state index contributed by atoms with van der Waals surface area (Å²) in [6.07, 6.45) is 0.921. The van der Waals surface area contributed by atoms with Crippen LogP contribution in [0.3, 0.4) is 0 Å². The first-order valence-corrected chi connectivity index (χ1v) is 8.53. The molecule has 1 amide bonds. The summed E-state index contributed by atoms with van der Waals surface area (Å²) < 4.78 is 10.4. The van der Waals surface area contributed by atoms with Crippen LogP contribution >= 0.6 is 0 Å². The molecule has 0 aromatic heterocycles. The van der Waals surface area contributed by atoms with Crippen LogP contribution in [0.15, 0.2) is 54.6 Å². The fraction of sp³-hybridized carbons (Fsp3) is 0.350. The number of carbonyl (C=O) groups excluding carboxylic acids is 1. The van der Waals surface area contributed by atoms with Gasteiger partial charge >= 0.3 is 0 Å². The topological polar surface area (TPSA) is 59.6 Å². The molecule has 0 aliphatic rings. The van der Waals surface area contributed by atoms with E-state index in [1.165, 1.54) is 5.56 Å². The van der Waals surface area contributed by atoms with Gasteiger partial charge < -0.3 is 20.1 Å². The van der Waals surface area contributed by atoms with Crippen LogP contribution < -0.4 is 15.4 Å². The summed E-state index contributed by atoms with van der Waals surface area (Å²) >= 11 is 0. The highest BCUT2D eigenvalue weighted by molar-refractivity contribution is 5.92. The van der Waals surface area contributed by atoms with Crippen LogP contribution in [0.5, 0.6) is 5.75 Å². The van der Waals surface area contributed by atoms with Crippen LogP contribution in [0.2, 0.25) is 0 Å². The lowest BCUT2D eigenvalue weighted by molar-refractivity contribution is -0.115. The van der Waals surface area contributed by atoms with Gasteiger partial charge in [0.2, 0.25) is 5.91 Å². The second-order valence-electron chi connectivity index (χ2n) is 5.67. The van der Waals surface area contributed by atoms with Crippen LogP contribution in [0.4, 0.5) is 5.69 Å². The fourth-order valence-corrected chi connectivity index (χ4v) is 2.48. The molecule has 0 aliphatic carbocycles. The minimum absolute atomic E-state index is 0.0672. The average Bonchev–Trinajstić information content (AvgIpc) is 2.65. The highest BCUT2D eigenvalue weighted by Crippen LogP contribution is 2.17. The van der Waals surface area contributed by atoms with Gasteiger partial charge in [-0.1, -0.05) is 37.3 Å². The number of hydrogen-bond acceptors (Lipinski definition) is 4. The molecule has 134 valence electrons. The number of carbonyl (C=O) groups is 1. The number of ether oxygens (including phenoxy) is 2. The lowest BCUT2D eigenvalue weighted by Gasteiger charge is -2.17. The lowest BCUT2D eigenvalue weighted by Crippen LogP contribution is -2.31. The zero-order valence-electron chi connectivity index (χ0n) is 14.8. The molecular weight excluding hydrogens is 316 g/mol. The standard InChI is InChI=1S/C20H26N2O3/c1-3-19(16-7-5-4-6-8-16)21-15-20(23)22-17-9-11-18(12-10-17)25-14-13-24-2/h4-12,19,21H,3,13-15H2,1-2H3,(H,22,23). The van der Waals surface area contributed by atoms with Gasteiger partial charge in [0.05, 0.1) is 13.2 Å². The summed E-state index contributed by atoms with van der Waals surface area (Å²) in [5.41, 5.74) is 1.94. The zero-order valence-corrected chi connectivity index (χ0v) is 14.8. The van der Waals surface area contributed by atoms with Crippen molar-refractivity contribution < 1.29 is 14.3 Å². The van der Waals surface area contributed by atoms with Crippen molar-refractivity contribution in [3.05, 3.63) is 60.2 Å². The summed E-state index contributed by atoms with van der Waals surface area (Å²) in [7, 11) is 1.64. The third kappa shape index (κ3) is 6.57. The average molecular weight is 342 g/mol. The maximum atomic E-state index is 12.1. The van der Waals surface area contributed by atoms with Gasteiger partial charge in [-0.3, -0.25) is 4.79 Å². The molecule has 2 aromatic rings. The van der Waals surface area contributed by atoms with E-state index in [4.69, 9.17) is 9.47 Å². The molecule has 5 heteroatoms. The van der Waals surface area contributed by atoms with Gasteiger partial charge in [0.15, 0.2) is 0 Å². The molecule has 0 spiro atoms. The van der Waals surface area contributed by atoms with E-state index in [1.54, 1.807) is 7.11 Å². The van der Waals surface area contributed by atoms with Crippen LogP contribution in [0, 0.1) is 0 Å². The first kappa shape index (κ1) is 19.0. The molecule has 0 saturated heterocycles. The van der Waals surface area contributed by atoms with Gasteiger partial charge in [-0.25, -0.2) is 0 Å². The number of methoxy groups -OCH3 is 1. The van der Waals surface area contributed by atoms with Crippen LogP contribution in [-0.4, -0.2) is 32.8 Å². The summed E-state index contributed by atoms with van der Waals surface area (Å²) in [6.45, 7) is 3.42. The molecule has 25 heavy (non-hydrogen) atoms. The quantitative estimate of drug-likeness (QED) is 0.650. The Bertz CT molecular complexity index is 629. The minimum atomic E-state index is -0.0672. The predicted octanol–water partition coefficient (Wildman–Crippen LogP) is 3.39. The van der Waals surface area contributed by atoms with Crippen molar-refractivity contribution in [1.82, 2.24) is 5.32 Å². The molecule has 2 aromatic carbocycles. The SMILES string of the molecule is CCC(NCC(=O)Nc1ccc(OCCOC)cc1)c1ccccc1. The van der Waals surface area contributed by atoms with Crippen molar-refractivity contribution in [2.75, 3.05) is 32.2 Å². The van der Waals surface area contributed by atoms with Gasteiger partial charge in [-0.2, -0.15) is 0 Å². The summed E-state index contributed by atoms with van der Waals surface area (Å²) in [6, 6.07) is 17.6. The van der Waals surface area contributed by atoms with Crippen molar-refractivity contribution >= 4 is 11.6 Å². The summed E-state index contributed by atoms with van der Waals surface area (Å²) in [5, 5.41) is 6.19. The van der Waals surface area contributed by atoms with Crippen molar-refractivity contribution in [2.45, 2.75) is 19.4 Å². The first-order chi connectivity index (χ1) is 12.2. The van der Waals surface area contributed by atoms with Crippen LogP contribution in [0.25, 0.3) is 0 Å². The first-order valence-electron chi connectivity index (χ1n) is 8.53. The number of benzene rings is 2. The van der Waals surface area contributed by atoms with Crippen LogP contribution in [0.1, 0.15) is 24.9 Å². The highest BCUT2D eigenvalue weighted by Gasteiger charge is 2.10. The Morgan fingerprint density at radius 1 is 1.04 bits per heavy atom. The van der Waals surface area contributed by atoms with Crippen molar-refractivity contribution in [2.24, 2.45) is 0 Å². The third-order valence-corrected chi connectivity index (χ3v) is 3.81. The number of hydrogen-bond donors (Lipinski definition) is 2. The zero-order chi connectivity index (χ0) is 17.9. The Hall–Kier alpha value is -2.37. The normalized spacial score (nSPS) is 11.8. The second kappa shape index (κ2) is 10.5. The van der Waals surface area contributed by atoms with E-state index in [0.29, 0.717) is 13.2 Å². The monoisotopic (exact) mass is 342 g/mol. The summed E-state index contributed by atoms with van der Waals surface area (Å²) in [4.78, 5) is 12.1. The van der Waals surface area contributed by atoms with Gasteiger partial charge in [0.25, 0.3) is 0 Å². The van der Waals surface area contributed by atoms with E-state index in [0.717, 1.165) is 17.9 Å². The molecule has 1 atom stereocenters. The number of anilines is 1. The largest absolute Gasteiger partial charge is 0.491 e. The second-order valence-corrected chi connectivity index (χ2v) is 5.67. The molecular formula is C20H26N2O3. The number of rotatable bonds is 10. The molecule has 0 radical (unpaired) electrons. The van der Waals surface area contributed by atoms with E-state index in [9.17, 15) is 4.79 Å². The Balaban J connectivity index is 1.79. The van der Waals surface area contributed by atoms with E-state index in [2.05, 4.69) is 29.7 Å². The van der Waals surface area contributed by atoms with E-state index >= 15 is 0 Å². The highest BCUT2D eigenvalue weighted by atomic mass is 16.5. The number of nitrogens with one attached hydrogen (secondary N) is 2. The van der Waals surface area contributed by atoms with Crippen molar-refractivity contribution in [3.63, 3.8) is 0 Å². The smallest absolute Gasteiger partial charge is 0.238 e. The molecule has 0 saturated carbocycles. The van der Waals surface area contributed by atoms with E-state index < -0.39 is 0 Å². The van der Waals surface area contributed by atoms with Gasteiger partial charge in [0.1, 0.15) is 12.4 Å². The Labute approximate surface area is 149 Å².